The number of rotatable bonds is 5. The first-order chi connectivity index (χ1) is 12.6. The molecule has 2 bridgehead atoms. The highest BCUT2D eigenvalue weighted by atomic mass is 19.1. The van der Waals surface area contributed by atoms with Crippen molar-refractivity contribution in [3.05, 3.63) is 59.2 Å². The van der Waals surface area contributed by atoms with Crippen molar-refractivity contribution in [2.45, 2.75) is 51.7 Å². The van der Waals surface area contributed by atoms with Gasteiger partial charge in [0.15, 0.2) is 0 Å². The minimum absolute atomic E-state index is 0.00477. The summed E-state index contributed by atoms with van der Waals surface area (Å²) in [6, 6.07) is 7.43. The number of aromatic nitrogens is 1. The Kier molecular flexibility index (Phi) is 4.53. The molecule has 2 atom stereocenters. The van der Waals surface area contributed by atoms with Crippen LogP contribution >= 0.6 is 0 Å². The van der Waals surface area contributed by atoms with E-state index in [-0.39, 0.29) is 18.0 Å². The van der Waals surface area contributed by atoms with Gasteiger partial charge in [0.1, 0.15) is 23.4 Å². The van der Waals surface area contributed by atoms with E-state index in [1.807, 2.05) is 32.0 Å². The van der Waals surface area contributed by atoms with Gasteiger partial charge in [-0.2, -0.15) is 0 Å². The number of halogens is 1. The molecule has 4 heteroatoms. The molecule has 4 rings (SSSR count). The van der Waals surface area contributed by atoms with E-state index < -0.39 is 0 Å². The summed E-state index contributed by atoms with van der Waals surface area (Å²) in [5, 5.41) is 0. The molecule has 26 heavy (non-hydrogen) atoms. The van der Waals surface area contributed by atoms with Crippen molar-refractivity contribution in [3.8, 4) is 11.1 Å². The van der Waals surface area contributed by atoms with E-state index in [9.17, 15) is 4.39 Å². The number of hydrogen-bond donors (Lipinski definition) is 0. The molecule has 0 aliphatic carbocycles. The quantitative estimate of drug-likeness (QED) is 0.690. The summed E-state index contributed by atoms with van der Waals surface area (Å²) in [4.78, 5) is 4.79. The molecule has 0 spiro atoms. The Labute approximate surface area is 153 Å². The lowest BCUT2D eigenvalue weighted by atomic mass is 9.91. The van der Waals surface area contributed by atoms with Gasteiger partial charge in [-0.05, 0) is 55.0 Å². The van der Waals surface area contributed by atoms with E-state index in [4.69, 9.17) is 14.5 Å². The largest absolute Gasteiger partial charge is 0.492 e. The summed E-state index contributed by atoms with van der Waals surface area (Å²) in [6.07, 6.45) is 3.80. The van der Waals surface area contributed by atoms with Crippen molar-refractivity contribution in [3.63, 3.8) is 0 Å². The highest BCUT2D eigenvalue weighted by Crippen LogP contribution is 2.44. The van der Waals surface area contributed by atoms with Gasteiger partial charge in [0.05, 0.1) is 18.4 Å². The zero-order chi connectivity index (χ0) is 18.3. The van der Waals surface area contributed by atoms with Gasteiger partial charge in [0, 0.05) is 12.0 Å². The van der Waals surface area contributed by atoms with Crippen molar-refractivity contribution in [2.75, 3.05) is 6.61 Å². The maximum Gasteiger partial charge on any atom is 0.137 e. The first kappa shape index (κ1) is 17.2. The fourth-order valence-corrected chi connectivity index (χ4v) is 3.99. The highest BCUT2D eigenvalue weighted by molar-refractivity contribution is 5.73. The second-order valence-electron chi connectivity index (χ2n) is 6.97. The Balaban J connectivity index is 1.89. The number of aryl methyl sites for hydroxylation is 1. The van der Waals surface area contributed by atoms with Crippen LogP contribution in [0.15, 0.2) is 30.8 Å². The third-order valence-electron chi connectivity index (χ3n) is 5.34. The maximum absolute atomic E-state index is 14.9. The molecule has 2 aliphatic rings. The van der Waals surface area contributed by atoms with Crippen molar-refractivity contribution in [1.29, 1.82) is 0 Å². The summed E-state index contributed by atoms with van der Waals surface area (Å²) in [6.45, 7) is 8.46. The monoisotopic (exact) mass is 353 g/mol. The lowest BCUT2D eigenvalue weighted by Crippen LogP contribution is -2.21. The third-order valence-corrected chi connectivity index (χ3v) is 5.34. The number of benzene rings is 1. The normalized spacial score (nSPS) is 20.7. The molecule has 136 valence electrons. The molecule has 2 aliphatic heterocycles. The van der Waals surface area contributed by atoms with Gasteiger partial charge in [0.25, 0.3) is 0 Å². The Morgan fingerprint density at radius 3 is 2.85 bits per heavy atom. The van der Waals surface area contributed by atoms with Crippen LogP contribution in [0, 0.1) is 5.82 Å². The predicted octanol–water partition coefficient (Wildman–Crippen LogP) is 5.23. The predicted molar refractivity (Wildman–Crippen MR) is 100 cm³/mol. The Hall–Kier alpha value is -2.20. The summed E-state index contributed by atoms with van der Waals surface area (Å²) in [7, 11) is 0. The van der Waals surface area contributed by atoms with Crippen LogP contribution in [0.25, 0.3) is 16.9 Å². The average molecular weight is 353 g/mol. The van der Waals surface area contributed by atoms with Crippen LogP contribution in [0.1, 0.15) is 55.3 Å². The number of pyridine rings is 1. The van der Waals surface area contributed by atoms with Gasteiger partial charge < -0.3 is 9.47 Å². The standard InChI is InChI=1S/C22H24FNO2/c1-4-14-6-8-16(19(23)10-14)17-12-20(13(3)25-5-2)24-22-18(17)11-15-7-9-21(22)26-15/h6,8,10,12,15,21H,3-5,7,9,11H2,1-2H3. The van der Waals surface area contributed by atoms with E-state index in [0.29, 0.717) is 23.6 Å². The molecule has 1 aromatic heterocycles. The summed E-state index contributed by atoms with van der Waals surface area (Å²) < 4.78 is 26.5. The van der Waals surface area contributed by atoms with Crippen molar-refractivity contribution >= 4 is 5.76 Å². The van der Waals surface area contributed by atoms with Gasteiger partial charge in [-0.25, -0.2) is 9.37 Å². The van der Waals surface area contributed by atoms with Crippen LogP contribution in [0.2, 0.25) is 0 Å². The topological polar surface area (TPSA) is 31.4 Å². The zero-order valence-electron chi connectivity index (χ0n) is 15.3. The summed E-state index contributed by atoms with van der Waals surface area (Å²) in [5.41, 5.74) is 5.20. The Bertz CT molecular complexity index is 861. The zero-order valence-corrected chi connectivity index (χ0v) is 15.3. The molecule has 3 heterocycles. The molecule has 0 N–H and O–H groups in total. The van der Waals surface area contributed by atoms with Crippen LogP contribution in [-0.4, -0.2) is 17.7 Å². The molecule has 1 saturated heterocycles. The summed E-state index contributed by atoms with van der Waals surface area (Å²) in [5.74, 6) is 0.326. The Morgan fingerprint density at radius 2 is 2.12 bits per heavy atom. The molecule has 0 radical (unpaired) electrons. The molecule has 2 unspecified atom stereocenters. The van der Waals surface area contributed by atoms with E-state index >= 15 is 0 Å². The van der Waals surface area contributed by atoms with Crippen molar-refractivity contribution in [1.82, 2.24) is 4.98 Å². The minimum Gasteiger partial charge on any atom is -0.492 e. The minimum atomic E-state index is -0.190. The second kappa shape index (κ2) is 6.84. The van der Waals surface area contributed by atoms with E-state index in [2.05, 4.69) is 6.58 Å². The molecule has 0 saturated carbocycles. The number of ether oxygens (including phenoxy) is 2. The van der Waals surface area contributed by atoms with Gasteiger partial charge in [-0.15, -0.1) is 0 Å². The van der Waals surface area contributed by atoms with Crippen molar-refractivity contribution in [2.24, 2.45) is 0 Å². The Morgan fingerprint density at radius 1 is 1.27 bits per heavy atom. The summed E-state index contributed by atoms with van der Waals surface area (Å²) >= 11 is 0. The van der Waals surface area contributed by atoms with E-state index in [1.54, 1.807) is 6.07 Å². The van der Waals surface area contributed by atoms with Crippen LogP contribution in [0.4, 0.5) is 4.39 Å². The van der Waals surface area contributed by atoms with Gasteiger partial charge in [0.2, 0.25) is 0 Å². The maximum atomic E-state index is 14.9. The second-order valence-corrected chi connectivity index (χ2v) is 6.97. The SMILES string of the molecule is C=C(OCC)c1cc(-c2ccc(CC)cc2F)c2c(n1)C1CCC(C2)O1. The molecule has 1 fully saturated rings. The van der Waals surface area contributed by atoms with E-state index in [0.717, 1.165) is 48.1 Å². The third kappa shape index (κ3) is 2.92. The average Bonchev–Trinajstić information content (AvgIpc) is 3.03. The van der Waals surface area contributed by atoms with Gasteiger partial charge >= 0.3 is 0 Å². The highest BCUT2D eigenvalue weighted by Gasteiger charge is 2.37. The molecule has 2 aromatic rings. The lowest BCUT2D eigenvalue weighted by molar-refractivity contribution is 0.0295. The molecule has 1 aromatic carbocycles. The smallest absolute Gasteiger partial charge is 0.137 e. The lowest BCUT2D eigenvalue weighted by Gasteiger charge is -2.26. The fraction of sp³-hybridized carbons (Fsp3) is 0.409. The number of hydrogen-bond acceptors (Lipinski definition) is 3. The molecular formula is C22H24FNO2. The van der Waals surface area contributed by atoms with Crippen molar-refractivity contribution < 1.29 is 13.9 Å². The molecule has 3 nitrogen and oxygen atoms in total. The first-order valence-electron chi connectivity index (χ1n) is 9.40. The van der Waals surface area contributed by atoms with Crippen LogP contribution in [0.5, 0.6) is 0 Å². The first-order valence-corrected chi connectivity index (χ1v) is 9.40. The number of nitrogens with zero attached hydrogens (tertiary/aromatic N) is 1. The van der Waals surface area contributed by atoms with Gasteiger partial charge in [-0.3, -0.25) is 0 Å². The van der Waals surface area contributed by atoms with Crippen LogP contribution < -0.4 is 0 Å². The number of fused-ring (bicyclic) bond motifs is 4. The van der Waals surface area contributed by atoms with Crippen LogP contribution in [-0.2, 0) is 22.3 Å². The van der Waals surface area contributed by atoms with Crippen LogP contribution in [0.3, 0.4) is 0 Å². The molecular weight excluding hydrogens is 329 g/mol. The molecule has 0 amide bonds. The fourth-order valence-electron chi connectivity index (χ4n) is 3.99. The van der Waals surface area contributed by atoms with Gasteiger partial charge in [-0.1, -0.05) is 25.6 Å². The van der Waals surface area contributed by atoms with E-state index in [1.165, 1.54) is 0 Å².